The second-order valence-corrected chi connectivity index (χ2v) is 5.33. The van der Waals surface area contributed by atoms with Crippen molar-refractivity contribution in [3.8, 4) is 0 Å². The predicted molar refractivity (Wildman–Crippen MR) is 68.8 cm³/mol. The number of hydrogen-bond acceptors (Lipinski definition) is 2. The molecule has 1 unspecified atom stereocenters. The van der Waals surface area contributed by atoms with E-state index in [2.05, 4.69) is 0 Å². The van der Waals surface area contributed by atoms with Gasteiger partial charge in [0.15, 0.2) is 0 Å². The van der Waals surface area contributed by atoms with Gasteiger partial charge in [-0.1, -0.05) is 32.9 Å². The zero-order valence-corrected chi connectivity index (χ0v) is 10.8. The third-order valence-corrected chi connectivity index (χ3v) is 2.76. The van der Waals surface area contributed by atoms with Crippen LogP contribution in [-0.2, 0) is 0 Å². The van der Waals surface area contributed by atoms with Gasteiger partial charge in [-0.3, -0.25) is 0 Å². The number of anilines is 1. The standard InChI is InChI=1S/C13H20N2O2/c1-13(2,3)11(15(4)12(16)17)9-5-7-10(14)8-6-9/h5-8,11H,14H2,1-4H3,(H,16,17). The van der Waals surface area contributed by atoms with Gasteiger partial charge in [0.05, 0.1) is 6.04 Å². The summed E-state index contributed by atoms with van der Waals surface area (Å²) >= 11 is 0. The van der Waals surface area contributed by atoms with Crippen molar-refractivity contribution in [2.75, 3.05) is 12.8 Å². The van der Waals surface area contributed by atoms with Gasteiger partial charge in [0.1, 0.15) is 0 Å². The molecule has 0 saturated carbocycles. The fourth-order valence-electron chi connectivity index (χ4n) is 2.09. The number of nitrogens with two attached hydrogens (primary N) is 1. The first kappa shape index (κ1) is 13.4. The van der Waals surface area contributed by atoms with E-state index in [4.69, 9.17) is 10.8 Å². The summed E-state index contributed by atoms with van der Waals surface area (Å²) in [6.45, 7) is 6.06. The van der Waals surface area contributed by atoms with Gasteiger partial charge in [-0.25, -0.2) is 4.79 Å². The predicted octanol–water partition coefficient (Wildman–Crippen LogP) is 2.97. The molecule has 1 atom stereocenters. The molecule has 0 fully saturated rings. The van der Waals surface area contributed by atoms with Crippen molar-refractivity contribution in [3.63, 3.8) is 0 Å². The molecule has 0 heterocycles. The monoisotopic (exact) mass is 236 g/mol. The second kappa shape index (κ2) is 4.65. The van der Waals surface area contributed by atoms with Gasteiger partial charge in [-0.2, -0.15) is 0 Å². The highest BCUT2D eigenvalue weighted by molar-refractivity contribution is 5.65. The van der Waals surface area contributed by atoms with E-state index in [0.717, 1.165) is 5.56 Å². The molecule has 17 heavy (non-hydrogen) atoms. The molecule has 0 saturated heterocycles. The van der Waals surface area contributed by atoms with E-state index in [-0.39, 0.29) is 11.5 Å². The number of amides is 1. The molecule has 3 N–H and O–H groups in total. The first-order valence-corrected chi connectivity index (χ1v) is 5.54. The Balaban J connectivity index is 3.15. The van der Waals surface area contributed by atoms with E-state index >= 15 is 0 Å². The Hall–Kier alpha value is -1.71. The van der Waals surface area contributed by atoms with Crippen molar-refractivity contribution >= 4 is 11.8 Å². The molecule has 0 aromatic heterocycles. The molecule has 0 aliphatic carbocycles. The summed E-state index contributed by atoms with van der Waals surface area (Å²) in [6, 6.07) is 7.16. The third kappa shape index (κ3) is 3.12. The maximum atomic E-state index is 11.1. The summed E-state index contributed by atoms with van der Waals surface area (Å²) in [5.41, 5.74) is 7.10. The molecule has 0 bridgehead atoms. The number of hydrogen-bond donors (Lipinski definition) is 2. The quantitative estimate of drug-likeness (QED) is 0.776. The number of carboxylic acid groups (broad SMARTS) is 1. The van der Waals surface area contributed by atoms with Crippen LogP contribution in [0.15, 0.2) is 24.3 Å². The van der Waals surface area contributed by atoms with E-state index in [1.165, 1.54) is 4.90 Å². The zero-order valence-electron chi connectivity index (χ0n) is 10.8. The van der Waals surface area contributed by atoms with Crippen LogP contribution in [0.2, 0.25) is 0 Å². The van der Waals surface area contributed by atoms with Crippen LogP contribution in [0.4, 0.5) is 10.5 Å². The zero-order chi connectivity index (χ0) is 13.2. The van der Waals surface area contributed by atoms with Crippen molar-refractivity contribution in [2.45, 2.75) is 26.8 Å². The Morgan fingerprint density at radius 3 is 2.12 bits per heavy atom. The van der Waals surface area contributed by atoms with Crippen LogP contribution in [0.5, 0.6) is 0 Å². The minimum Gasteiger partial charge on any atom is -0.465 e. The molecule has 0 radical (unpaired) electrons. The van der Waals surface area contributed by atoms with Gasteiger partial charge in [-0.05, 0) is 23.1 Å². The van der Waals surface area contributed by atoms with Crippen molar-refractivity contribution in [1.29, 1.82) is 0 Å². The fourth-order valence-corrected chi connectivity index (χ4v) is 2.09. The summed E-state index contributed by atoms with van der Waals surface area (Å²) < 4.78 is 0. The first-order chi connectivity index (χ1) is 7.73. The average Bonchev–Trinajstić information content (AvgIpc) is 2.19. The van der Waals surface area contributed by atoms with Gasteiger partial charge in [-0.15, -0.1) is 0 Å². The van der Waals surface area contributed by atoms with Crippen molar-refractivity contribution in [3.05, 3.63) is 29.8 Å². The molecule has 0 spiro atoms. The summed E-state index contributed by atoms with van der Waals surface area (Å²) in [4.78, 5) is 12.5. The number of benzene rings is 1. The molecule has 4 nitrogen and oxygen atoms in total. The summed E-state index contributed by atoms with van der Waals surface area (Å²) in [7, 11) is 1.59. The highest BCUT2D eigenvalue weighted by Gasteiger charge is 2.32. The second-order valence-electron chi connectivity index (χ2n) is 5.33. The Labute approximate surface area is 102 Å². The van der Waals surface area contributed by atoms with E-state index in [9.17, 15) is 4.79 Å². The number of nitrogen functional groups attached to an aromatic ring is 1. The lowest BCUT2D eigenvalue weighted by Crippen LogP contribution is -2.37. The van der Waals surface area contributed by atoms with Crippen LogP contribution in [-0.4, -0.2) is 23.1 Å². The molecule has 1 aromatic rings. The normalized spacial score (nSPS) is 13.2. The molecule has 1 rings (SSSR count). The Morgan fingerprint density at radius 2 is 1.76 bits per heavy atom. The smallest absolute Gasteiger partial charge is 0.407 e. The molecular formula is C13H20N2O2. The lowest BCUT2D eigenvalue weighted by atomic mass is 9.81. The van der Waals surface area contributed by atoms with Crippen LogP contribution in [0, 0.1) is 5.41 Å². The molecule has 0 aliphatic heterocycles. The molecular weight excluding hydrogens is 216 g/mol. The van der Waals surface area contributed by atoms with Crippen LogP contribution < -0.4 is 5.73 Å². The summed E-state index contributed by atoms with van der Waals surface area (Å²) in [5, 5.41) is 9.13. The van der Waals surface area contributed by atoms with Crippen molar-refractivity contribution in [1.82, 2.24) is 4.90 Å². The van der Waals surface area contributed by atoms with Gasteiger partial charge in [0, 0.05) is 12.7 Å². The number of carbonyl (C=O) groups is 1. The van der Waals surface area contributed by atoms with Gasteiger partial charge >= 0.3 is 6.09 Å². The van der Waals surface area contributed by atoms with Crippen LogP contribution >= 0.6 is 0 Å². The topological polar surface area (TPSA) is 66.6 Å². The molecule has 1 aromatic carbocycles. The SMILES string of the molecule is CN(C(=O)O)C(c1ccc(N)cc1)C(C)(C)C. The Morgan fingerprint density at radius 1 is 1.29 bits per heavy atom. The highest BCUT2D eigenvalue weighted by atomic mass is 16.4. The van der Waals surface area contributed by atoms with E-state index in [1.807, 2.05) is 32.9 Å². The molecule has 4 heteroatoms. The minimum atomic E-state index is -0.929. The largest absolute Gasteiger partial charge is 0.465 e. The van der Waals surface area contributed by atoms with E-state index in [1.54, 1.807) is 19.2 Å². The number of nitrogens with zero attached hydrogens (tertiary/aromatic N) is 1. The molecule has 1 amide bonds. The third-order valence-electron chi connectivity index (χ3n) is 2.76. The van der Waals surface area contributed by atoms with Gasteiger partial charge in [0.25, 0.3) is 0 Å². The minimum absolute atomic E-state index is 0.177. The summed E-state index contributed by atoms with van der Waals surface area (Å²) in [6.07, 6.45) is -0.929. The molecule has 0 aliphatic rings. The Kier molecular flexibility index (Phi) is 3.66. The van der Waals surface area contributed by atoms with E-state index < -0.39 is 6.09 Å². The number of rotatable bonds is 2. The first-order valence-electron chi connectivity index (χ1n) is 5.54. The lowest BCUT2D eigenvalue weighted by molar-refractivity contribution is 0.0987. The maximum Gasteiger partial charge on any atom is 0.407 e. The highest BCUT2D eigenvalue weighted by Crippen LogP contribution is 2.37. The average molecular weight is 236 g/mol. The van der Waals surface area contributed by atoms with E-state index in [0.29, 0.717) is 5.69 Å². The van der Waals surface area contributed by atoms with Crippen LogP contribution in [0.25, 0.3) is 0 Å². The molecule has 94 valence electrons. The van der Waals surface area contributed by atoms with Gasteiger partial charge < -0.3 is 15.7 Å². The van der Waals surface area contributed by atoms with Crippen LogP contribution in [0.1, 0.15) is 32.4 Å². The van der Waals surface area contributed by atoms with Gasteiger partial charge in [0.2, 0.25) is 0 Å². The Bertz CT molecular complexity index is 393. The maximum absolute atomic E-state index is 11.1. The summed E-state index contributed by atoms with van der Waals surface area (Å²) in [5.74, 6) is 0. The fraction of sp³-hybridized carbons (Fsp3) is 0.462. The van der Waals surface area contributed by atoms with Crippen LogP contribution in [0.3, 0.4) is 0 Å². The van der Waals surface area contributed by atoms with Crippen molar-refractivity contribution < 1.29 is 9.90 Å². The van der Waals surface area contributed by atoms with Crippen molar-refractivity contribution in [2.24, 2.45) is 5.41 Å². The lowest BCUT2D eigenvalue weighted by Gasteiger charge is -2.37.